The van der Waals surface area contributed by atoms with E-state index in [0.29, 0.717) is 15.5 Å². The second kappa shape index (κ2) is 6.88. The van der Waals surface area contributed by atoms with E-state index in [0.717, 1.165) is 6.20 Å². The van der Waals surface area contributed by atoms with Crippen LogP contribution in [-0.2, 0) is 9.73 Å². The zero-order chi connectivity index (χ0) is 16.2. The molecule has 0 N–H and O–H groups in total. The molecule has 1 aromatic heterocycles. The van der Waals surface area contributed by atoms with E-state index < -0.39 is 15.5 Å². The van der Waals surface area contributed by atoms with E-state index in [9.17, 15) is 9.00 Å². The molecule has 0 bridgehead atoms. The molecule has 0 aliphatic carbocycles. The molecule has 7 heteroatoms. The van der Waals surface area contributed by atoms with Crippen molar-refractivity contribution in [3.05, 3.63) is 63.5 Å². The van der Waals surface area contributed by atoms with E-state index in [1.807, 2.05) is 0 Å². The van der Waals surface area contributed by atoms with Gasteiger partial charge in [0.25, 0.3) is 0 Å². The Morgan fingerprint density at radius 1 is 1.36 bits per heavy atom. The summed E-state index contributed by atoms with van der Waals surface area (Å²) in [5, 5.41) is 13.1. The second-order valence-corrected chi connectivity index (χ2v) is 7.86. The van der Waals surface area contributed by atoms with E-state index in [2.05, 4.69) is 4.36 Å². The van der Waals surface area contributed by atoms with Crippen LogP contribution in [0.2, 0.25) is 5.02 Å². The van der Waals surface area contributed by atoms with Crippen LogP contribution in [0.3, 0.4) is 0 Å². The third-order valence-corrected chi connectivity index (χ3v) is 5.51. The summed E-state index contributed by atoms with van der Waals surface area (Å²) in [4.78, 5) is 12.8. The molecule has 0 amide bonds. The number of rotatable bonds is 4. The second-order valence-electron chi connectivity index (χ2n) is 4.36. The summed E-state index contributed by atoms with van der Waals surface area (Å²) < 4.78 is 16.4. The number of nitrogens with zero attached hydrogens (tertiary/aromatic N) is 2. The number of carbonyl (C=O) groups is 1. The molecule has 1 aromatic carbocycles. The highest BCUT2D eigenvalue weighted by atomic mass is 35.5. The molecule has 4 nitrogen and oxygen atoms in total. The van der Waals surface area contributed by atoms with Gasteiger partial charge in [-0.1, -0.05) is 11.6 Å². The zero-order valence-corrected chi connectivity index (χ0v) is 13.9. The number of halogens is 1. The number of Topliss-reactive ketones (excluding diaryl/α,β-unsaturated/α-hetero) is 1. The highest BCUT2D eigenvalue weighted by molar-refractivity contribution is 7.93. The van der Waals surface area contributed by atoms with Crippen LogP contribution in [0.1, 0.15) is 10.4 Å². The zero-order valence-electron chi connectivity index (χ0n) is 11.5. The lowest BCUT2D eigenvalue weighted by molar-refractivity contribution is 0.103. The van der Waals surface area contributed by atoms with Gasteiger partial charge in [0.2, 0.25) is 5.78 Å². The number of benzene rings is 1. The van der Waals surface area contributed by atoms with Crippen LogP contribution in [0.4, 0.5) is 0 Å². The molecule has 0 aliphatic rings. The van der Waals surface area contributed by atoms with Crippen LogP contribution >= 0.6 is 22.9 Å². The summed E-state index contributed by atoms with van der Waals surface area (Å²) in [5.74, 6) is -0.483. The third kappa shape index (κ3) is 3.83. The van der Waals surface area contributed by atoms with Gasteiger partial charge in [-0.15, -0.1) is 0 Å². The maximum atomic E-state index is 12.4. The lowest BCUT2D eigenvalue weighted by atomic mass is 10.1. The molecule has 0 radical (unpaired) electrons. The molecule has 0 spiro atoms. The summed E-state index contributed by atoms with van der Waals surface area (Å²) in [5.41, 5.74) is 0.151. The Bertz CT molecular complexity index is 869. The number of hydrogen-bond donors (Lipinski definition) is 0. The van der Waals surface area contributed by atoms with E-state index in [4.69, 9.17) is 16.9 Å². The maximum Gasteiger partial charge on any atom is 0.205 e. The van der Waals surface area contributed by atoms with Crippen molar-refractivity contribution in [2.24, 2.45) is 4.36 Å². The fourth-order valence-electron chi connectivity index (χ4n) is 1.58. The van der Waals surface area contributed by atoms with Crippen LogP contribution < -0.4 is 0 Å². The van der Waals surface area contributed by atoms with Crippen molar-refractivity contribution in [3.8, 4) is 6.07 Å². The van der Waals surface area contributed by atoms with Crippen molar-refractivity contribution < 1.29 is 9.00 Å². The Labute approximate surface area is 137 Å². The molecule has 22 heavy (non-hydrogen) atoms. The summed E-state index contributed by atoms with van der Waals surface area (Å²) >= 11 is 7.17. The van der Waals surface area contributed by atoms with Gasteiger partial charge in [-0.25, -0.2) is 8.57 Å². The van der Waals surface area contributed by atoms with Gasteiger partial charge in [-0.3, -0.25) is 4.79 Å². The number of thiophene rings is 1. The van der Waals surface area contributed by atoms with Gasteiger partial charge in [-0.05, 0) is 35.7 Å². The van der Waals surface area contributed by atoms with Gasteiger partial charge >= 0.3 is 0 Å². The van der Waals surface area contributed by atoms with E-state index in [-0.39, 0.29) is 5.57 Å². The normalized spacial score (nSPS) is 14.0. The van der Waals surface area contributed by atoms with Crippen molar-refractivity contribution in [2.75, 3.05) is 6.26 Å². The maximum absolute atomic E-state index is 12.4. The smallest absolute Gasteiger partial charge is 0.205 e. The molecule has 0 fully saturated rings. The Morgan fingerprint density at radius 3 is 2.59 bits per heavy atom. The average molecular weight is 351 g/mol. The van der Waals surface area contributed by atoms with Crippen LogP contribution in [0.25, 0.3) is 0 Å². The molecule has 1 heterocycles. The highest BCUT2D eigenvalue weighted by Gasteiger charge is 2.12. The first-order valence-corrected chi connectivity index (χ1v) is 9.32. The van der Waals surface area contributed by atoms with Crippen molar-refractivity contribution >= 4 is 38.4 Å². The van der Waals surface area contributed by atoms with Crippen LogP contribution in [0.5, 0.6) is 0 Å². The molecule has 2 aromatic rings. The minimum Gasteiger partial charge on any atom is -0.288 e. The first kappa shape index (κ1) is 16.4. The molecular weight excluding hydrogens is 340 g/mol. The average Bonchev–Trinajstić information content (AvgIpc) is 3.03. The van der Waals surface area contributed by atoms with Crippen LogP contribution in [0, 0.1) is 11.3 Å². The number of hydrogen-bond acceptors (Lipinski definition) is 5. The molecule has 2 rings (SSSR count). The fraction of sp³-hybridized carbons (Fsp3) is 0.0667. The van der Waals surface area contributed by atoms with Gasteiger partial charge < -0.3 is 0 Å². The molecular formula is C15H11ClN2O2S2. The molecule has 1 atom stereocenters. The van der Waals surface area contributed by atoms with Gasteiger partial charge in [0.15, 0.2) is 0 Å². The number of carbonyl (C=O) groups excluding carboxylic acids is 1. The van der Waals surface area contributed by atoms with E-state index >= 15 is 0 Å². The summed E-state index contributed by atoms with van der Waals surface area (Å²) in [6, 6.07) is 9.68. The van der Waals surface area contributed by atoms with Crippen LogP contribution in [-0.4, -0.2) is 16.2 Å². The third-order valence-electron chi connectivity index (χ3n) is 2.79. The molecule has 0 aliphatic heterocycles. The molecule has 1 unspecified atom stereocenters. The monoisotopic (exact) mass is 350 g/mol. The minimum absolute atomic E-state index is 0.174. The van der Waals surface area contributed by atoms with Gasteiger partial charge in [0.05, 0.1) is 20.8 Å². The first-order chi connectivity index (χ1) is 10.4. The summed E-state index contributed by atoms with van der Waals surface area (Å²) in [6.07, 6.45) is 2.55. The fourth-order valence-corrected chi connectivity index (χ4v) is 3.93. The van der Waals surface area contributed by atoms with Gasteiger partial charge in [-0.2, -0.15) is 16.6 Å². The van der Waals surface area contributed by atoms with Crippen molar-refractivity contribution in [1.29, 1.82) is 5.26 Å². The molecule has 112 valence electrons. The Morgan fingerprint density at radius 2 is 2.05 bits per heavy atom. The lowest BCUT2D eigenvalue weighted by Crippen LogP contribution is -2.02. The first-order valence-electron chi connectivity index (χ1n) is 6.08. The van der Waals surface area contributed by atoms with Crippen molar-refractivity contribution in [3.63, 3.8) is 0 Å². The van der Waals surface area contributed by atoms with Gasteiger partial charge in [0, 0.05) is 22.2 Å². The Hall–Kier alpha value is -1.94. The number of nitriles is 1. The van der Waals surface area contributed by atoms with Crippen LogP contribution in [0.15, 0.2) is 62.1 Å². The Kier molecular flexibility index (Phi) is 5.14. The molecule has 0 saturated carbocycles. The lowest BCUT2D eigenvalue weighted by Gasteiger charge is -2.00. The predicted molar refractivity (Wildman–Crippen MR) is 88.6 cm³/mol. The van der Waals surface area contributed by atoms with Crippen molar-refractivity contribution in [1.82, 2.24) is 0 Å². The summed E-state index contributed by atoms with van der Waals surface area (Å²) in [6.45, 7) is 0. The van der Waals surface area contributed by atoms with Crippen molar-refractivity contribution in [2.45, 2.75) is 4.90 Å². The Balaban J connectivity index is 2.36. The van der Waals surface area contributed by atoms with E-state index in [1.165, 1.54) is 29.7 Å². The SMILES string of the molecule is CS(=O)(=N/C=C(\C#N)C(=O)c1ccc(Cl)cc1)c1ccsc1. The van der Waals surface area contributed by atoms with Gasteiger partial charge in [0.1, 0.15) is 11.6 Å². The number of ketones is 1. The predicted octanol–water partition coefficient (Wildman–Crippen LogP) is 4.15. The minimum atomic E-state index is -2.66. The molecule has 0 saturated heterocycles. The van der Waals surface area contributed by atoms with E-state index in [1.54, 1.807) is 35.0 Å². The largest absolute Gasteiger partial charge is 0.288 e. The summed E-state index contributed by atoms with van der Waals surface area (Å²) in [7, 11) is -2.66. The standard InChI is InChI=1S/C15H11ClN2O2S2/c1-22(20,14-6-7-21-10-14)18-9-12(8-17)15(19)11-2-4-13(16)5-3-11/h2-7,9-10H,1H3/b12-9+. The highest BCUT2D eigenvalue weighted by Crippen LogP contribution is 2.17. The topological polar surface area (TPSA) is 70.3 Å². The quantitative estimate of drug-likeness (QED) is 0.472. The number of allylic oxidation sites excluding steroid dienone is 1.